The average Bonchev–Trinajstić information content (AvgIpc) is 3.78. The second-order valence-corrected chi connectivity index (χ2v) is 13.5. The molecule has 1 aliphatic carbocycles. The zero-order chi connectivity index (χ0) is 33.6. The van der Waals surface area contributed by atoms with Gasteiger partial charge in [0.25, 0.3) is 0 Å². The summed E-state index contributed by atoms with van der Waals surface area (Å²) in [6, 6.07) is 0. The van der Waals surface area contributed by atoms with Crippen molar-refractivity contribution in [3.8, 4) is 0 Å². The van der Waals surface area contributed by atoms with Gasteiger partial charge in [0.1, 0.15) is 5.76 Å². The SMILES string of the molecule is CCCCCCOC(C)C1=C(C)C2=NC1=CC1=NC(=CC3=C(C)C4=C(O)CC(=C5NC(=C2)[C@@H](C)[C@@H]5CCC(=O)[O-])C4=N3)C(CC)=C1C.[Na+]. The molecule has 9 heteroatoms. The van der Waals surface area contributed by atoms with Crippen LogP contribution in [0.3, 0.4) is 0 Å². The van der Waals surface area contributed by atoms with E-state index in [4.69, 9.17) is 19.7 Å². The molecule has 48 heavy (non-hydrogen) atoms. The number of rotatable bonds is 11. The number of hydrogen-bond donors (Lipinski definition) is 2. The molecule has 0 amide bonds. The van der Waals surface area contributed by atoms with E-state index in [0.717, 1.165) is 98.3 Å². The van der Waals surface area contributed by atoms with Gasteiger partial charge in [-0.3, -0.25) is 0 Å². The van der Waals surface area contributed by atoms with Crippen LogP contribution < -0.4 is 40.0 Å². The molecule has 6 aliphatic rings. The monoisotopic (exact) mass is 658 g/mol. The van der Waals surface area contributed by atoms with Gasteiger partial charge in [0, 0.05) is 58.9 Å². The molecule has 5 heterocycles. The van der Waals surface area contributed by atoms with Crippen LogP contribution in [-0.4, -0.2) is 40.9 Å². The van der Waals surface area contributed by atoms with Crippen LogP contribution >= 0.6 is 0 Å². The maximum Gasteiger partial charge on any atom is 1.00 e. The number of unbranched alkanes of at least 4 members (excludes halogenated alkanes) is 3. The minimum atomic E-state index is -1.07. The molecule has 248 valence electrons. The third kappa shape index (κ3) is 6.61. The summed E-state index contributed by atoms with van der Waals surface area (Å²) in [5.74, 6) is -0.883. The van der Waals surface area contributed by atoms with Crippen molar-refractivity contribution < 1.29 is 49.3 Å². The molecular formula is C39H47N4NaO4. The number of hydrogen-bond acceptors (Lipinski definition) is 8. The number of carboxylic acids is 1. The summed E-state index contributed by atoms with van der Waals surface area (Å²) in [7, 11) is 0. The van der Waals surface area contributed by atoms with Gasteiger partial charge in [-0.2, -0.15) is 0 Å². The fourth-order valence-electron chi connectivity index (χ4n) is 7.78. The Kier molecular flexibility index (Phi) is 11.2. The van der Waals surface area contributed by atoms with E-state index in [-0.39, 0.29) is 53.9 Å². The Balaban J connectivity index is 0.00000451. The predicted octanol–water partition coefficient (Wildman–Crippen LogP) is 4.18. The Labute approximate surface area is 307 Å². The summed E-state index contributed by atoms with van der Waals surface area (Å²) in [5, 5.41) is 26.5. The molecule has 0 aromatic rings. The Hall–Kier alpha value is -3.04. The number of nitrogens with zero attached hydrogens (tertiary/aromatic N) is 3. The van der Waals surface area contributed by atoms with Gasteiger partial charge in [0.2, 0.25) is 0 Å². The maximum absolute atomic E-state index is 11.6. The molecular weight excluding hydrogens is 611 g/mol. The normalized spacial score (nSPS) is 23.6. The first-order valence-corrected chi connectivity index (χ1v) is 17.3. The Bertz CT molecular complexity index is 1770. The molecule has 8 bridgehead atoms. The van der Waals surface area contributed by atoms with Crippen molar-refractivity contribution in [2.75, 3.05) is 6.61 Å². The summed E-state index contributed by atoms with van der Waals surface area (Å²) in [6.07, 6.45) is 12.2. The summed E-state index contributed by atoms with van der Waals surface area (Å²) in [5.41, 5.74) is 14.0. The van der Waals surface area contributed by atoms with Gasteiger partial charge in [-0.1, -0.05) is 40.0 Å². The van der Waals surface area contributed by atoms with Crippen molar-refractivity contribution in [3.05, 3.63) is 91.5 Å². The average molecular weight is 659 g/mol. The number of aliphatic carboxylic acids is 1. The fraction of sp³-hybridized carbons (Fsp3) is 0.487. The largest absolute Gasteiger partial charge is 1.00 e. The molecule has 0 radical (unpaired) electrons. The molecule has 2 N–H and O–H groups in total. The Morgan fingerprint density at radius 3 is 2.46 bits per heavy atom. The van der Waals surface area contributed by atoms with E-state index >= 15 is 0 Å². The van der Waals surface area contributed by atoms with Crippen LogP contribution in [0.2, 0.25) is 0 Å². The van der Waals surface area contributed by atoms with Crippen LogP contribution in [0.25, 0.3) is 0 Å². The number of nitrogens with one attached hydrogen (secondary N) is 1. The van der Waals surface area contributed by atoms with Crippen molar-refractivity contribution in [1.82, 2.24) is 5.32 Å². The number of aliphatic hydroxyl groups excluding tert-OH is 1. The Morgan fingerprint density at radius 2 is 1.75 bits per heavy atom. The van der Waals surface area contributed by atoms with E-state index in [9.17, 15) is 15.0 Å². The quantitative estimate of drug-likeness (QED) is 0.255. The number of carbonyl (C=O) groups excluding carboxylic acids is 1. The summed E-state index contributed by atoms with van der Waals surface area (Å²) >= 11 is 0. The summed E-state index contributed by atoms with van der Waals surface area (Å²) in [4.78, 5) is 27.1. The molecule has 1 saturated heterocycles. The predicted molar refractivity (Wildman–Crippen MR) is 186 cm³/mol. The number of aliphatic hydroxyl groups is 1. The van der Waals surface area contributed by atoms with Crippen molar-refractivity contribution in [1.29, 1.82) is 0 Å². The molecule has 3 atom stereocenters. The first kappa shape index (κ1) is 36.2. The van der Waals surface area contributed by atoms with Crippen molar-refractivity contribution >= 4 is 23.1 Å². The van der Waals surface area contributed by atoms with Crippen LogP contribution in [0.15, 0.2) is 106 Å². The first-order valence-electron chi connectivity index (χ1n) is 17.3. The van der Waals surface area contributed by atoms with Crippen LogP contribution in [0.1, 0.15) is 99.8 Å². The number of allylic oxidation sites excluding steroid dienone is 11. The van der Waals surface area contributed by atoms with Gasteiger partial charge >= 0.3 is 29.6 Å². The second kappa shape index (κ2) is 14.8. The van der Waals surface area contributed by atoms with E-state index in [1.54, 1.807) is 0 Å². The molecule has 6 rings (SSSR count). The molecule has 1 unspecified atom stereocenters. The molecule has 0 aromatic heterocycles. The van der Waals surface area contributed by atoms with E-state index < -0.39 is 5.97 Å². The van der Waals surface area contributed by atoms with Gasteiger partial charge < -0.3 is 25.1 Å². The van der Waals surface area contributed by atoms with Crippen molar-refractivity contribution in [3.63, 3.8) is 0 Å². The summed E-state index contributed by atoms with van der Waals surface area (Å²) in [6.45, 7) is 15.5. The van der Waals surface area contributed by atoms with Gasteiger partial charge in [-0.05, 0) is 93.9 Å². The maximum atomic E-state index is 11.6. The first-order chi connectivity index (χ1) is 22.5. The van der Waals surface area contributed by atoms with Crippen LogP contribution in [-0.2, 0) is 9.53 Å². The van der Waals surface area contributed by atoms with Crippen molar-refractivity contribution in [2.45, 2.75) is 106 Å². The number of fused-ring (bicyclic) bond motifs is 5. The van der Waals surface area contributed by atoms with E-state index in [2.05, 4.69) is 59.0 Å². The number of ether oxygens (including phenoxy) is 1. The molecule has 0 aromatic carbocycles. The van der Waals surface area contributed by atoms with Gasteiger partial charge in [-0.15, -0.1) is 0 Å². The fourth-order valence-corrected chi connectivity index (χ4v) is 7.78. The third-order valence-electron chi connectivity index (χ3n) is 10.5. The topological polar surface area (TPSA) is 119 Å². The van der Waals surface area contributed by atoms with Crippen LogP contribution in [0.4, 0.5) is 0 Å². The second-order valence-electron chi connectivity index (χ2n) is 13.5. The Morgan fingerprint density at radius 1 is 1.02 bits per heavy atom. The number of carboxylic acid groups (broad SMARTS) is 1. The third-order valence-corrected chi connectivity index (χ3v) is 10.5. The van der Waals surface area contributed by atoms with Gasteiger partial charge in [0.05, 0.1) is 40.3 Å². The number of aliphatic imine (C=N–C) groups is 3. The van der Waals surface area contributed by atoms with Crippen molar-refractivity contribution in [2.24, 2.45) is 26.8 Å². The molecule has 8 nitrogen and oxygen atoms in total. The van der Waals surface area contributed by atoms with E-state index in [1.807, 2.05) is 13.0 Å². The van der Waals surface area contributed by atoms with Gasteiger partial charge in [0.15, 0.2) is 0 Å². The summed E-state index contributed by atoms with van der Waals surface area (Å²) < 4.78 is 6.42. The molecule has 5 aliphatic heterocycles. The van der Waals surface area contributed by atoms with E-state index in [1.165, 1.54) is 18.4 Å². The molecule has 0 spiro atoms. The smallest absolute Gasteiger partial charge is 0.550 e. The molecule has 0 saturated carbocycles. The minimum absolute atomic E-state index is 0. The van der Waals surface area contributed by atoms with Crippen LogP contribution in [0.5, 0.6) is 0 Å². The number of carbonyl (C=O) groups is 1. The van der Waals surface area contributed by atoms with E-state index in [0.29, 0.717) is 25.2 Å². The minimum Gasteiger partial charge on any atom is -0.550 e. The molecule has 1 fully saturated rings. The zero-order valence-corrected chi connectivity index (χ0v) is 31.8. The standard InChI is InChI=1S/C39H48N4O4.Na/c1-8-10-11-12-15-47-24(7)36-22(5)30-17-29-21(4)26(13-14-35(45)46)38(42-29)27-16-34(44)37-23(6)31(43-39(27)37)18-32-25(9-2)20(3)28(40-32)19-33(36)41-30;/h17-19,21,24,26,42,44H,8-16H2,1-7H3,(H,45,46);/q;+1/p-1/t21-,24?,26-;/m0./s1. The van der Waals surface area contributed by atoms with Gasteiger partial charge in [-0.25, -0.2) is 15.0 Å². The van der Waals surface area contributed by atoms with Crippen LogP contribution in [0, 0.1) is 11.8 Å². The zero-order valence-electron chi connectivity index (χ0n) is 29.8.